The molecule has 1 aliphatic carbocycles. The van der Waals surface area contributed by atoms with E-state index >= 15 is 0 Å². The summed E-state index contributed by atoms with van der Waals surface area (Å²) in [6, 6.07) is 13.2. The number of carbonyl (C=O) groups is 4. The van der Waals surface area contributed by atoms with Gasteiger partial charge in [0, 0.05) is 23.7 Å². The number of ether oxygens (including phenoxy) is 1. The molecule has 3 amide bonds. The van der Waals surface area contributed by atoms with Crippen molar-refractivity contribution in [1.82, 2.24) is 0 Å². The topological polar surface area (TPSA) is 84.0 Å². The minimum Gasteiger partial charge on any atom is -0.426 e. The van der Waals surface area contributed by atoms with Crippen molar-refractivity contribution in [2.75, 3.05) is 16.3 Å². The first kappa shape index (κ1) is 21.4. The van der Waals surface area contributed by atoms with E-state index in [0.29, 0.717) is 35.0 Å². The molecule has 0 radical (unpaired) electrons. The molecule has 168 valence electrons. The fourth-order valence-corrected chi connectivity index (χ4v) is 4.78. The summed E-state index contributed by atoms with van der Waals surface area (Å²) in [7, 11) is 0. The number of imide groups is 1. The van der Waals surface area contributed by atoms with Crippen molar-refractivity contribution in [2.45, 2.75) is 19.3 Å². The molecule has 3 aliphatic rings. The molecule has 7 nitrogen and oxygen atoms in total. The number of fused-ring (bicyclic) bond motifs is 1. The Labute approximate surface area is 195 Å². The summed E-state index contributed by atoms with van der Waals surface area (Å²) < 4.78 is 5.48. The maximum Gasteiger partial charge on any atom is 0.316 e. The first-order valence-corrected chi connectivity index (χ1v) is 11.2. The Morgan fingerprint density at radius 3 is 2.03 bits per heavy atom. The molecule has 2 aromatic carbocycles. The molecule has 33 heavy (non-hydrogen) atoms. The first-order chi connectivity index (χ1) is 15.9. The summed E-state index contributed by atoms with van der Waals surface area (Å²) in [5.74, 6) is -1.94. The molecule has 0 saturated carbocycles. The van der Waals surface area contributed by atoms with Crippen molar-refractivity contribution < 1.29 is 23.9 Å². The second-order valence-electron chi connectivity index (χ2n) is 8.46. The lowest BCUT2D eigenvalue weighted by Crippen LogP contribution is -2.30. The molecule has 2 saturated heterocycles. The van der Waals surface area contributed by atoms with Crippen LogP contribution in [0.4, 0.5) is 11.4 Å². The molecule has 0 bridgehead atoms. The summed E-state index contributed by atoms with van der Waals surface area (Å²) in [6.07, 6.45) is 5.11. The van der Waals surface area contributed by atoms with Crippen LogP contribution in [0.2, 0.25) is 5.02 Å². The molecule has 2 aromatic rings. The molecule has 8 heteroatoms. The average molecular weight is 465 g/mol. The maximum absolute atomic E-state index is 12.7. The van der Waals surface area contributed by atoms with Crippen LogP contribution in [0.5, 0.6) is 5.75 Å². The summed E-state index contributed by atoms with van der Waals surface area (Å²) >= 11 is 5.90. The van der Waals surface area contributed by atoms with Crippen LogP contribution in [0.15, 0.2) is 60.7 Å². The number of anilines is 2. The molecule has 0 unspecified atom stereocenters. The summed E-state index contributed by atoms with van der Waals surface area (Å²) in [6.45, 7) is 0.227. The summed E-state index contributed by atoms with van der Waals surface area (Å²) in [5.41, 5.74) is 1.14. The van der Waals surface area contributed by atoms with Crippen LogP contribution in [0.1, 0.15) is 19.3 Å². The van der Waals surface area contributed by atoms with Gasteiger partial charge in [-0.1, -0.05) is 23.8 Å². The molecule has 2 heterocycles. The minimum absolute atomic E-state index is 0.0626. The molecule has 5 rings (SSSR count). The van der Waals surface area contributed by atoms with E-state index in [0.717, 1.165) is 0 Å². The van der Waals surface area contributed by atoms with Crippen molar-refractivity contribution in [3.05, 3.63) is 65.7 Å². The fraction of sp³-hybridized carbons (Fsp3) is 0.280. The number of amides is 3. The summed E-state index contributed by atoms with van der Waals surface area (Å²) in [4.78, 5) is 53.3. The zero-order valence-corrected chi connectivity index (χ0v) is 18.4. The predicted molar refractivity (Wildman–Crippen MR) is 122 cm³/mol. The van der Waals surface area contributed by atoms with Gasteiger partial charge in [0.1, 0.15) is 5.75 Å². The van der Waals surface area contributed by atoms with Gasteiger partial charge in [-0.2, -0.15) is 0 Å². The van der Waals surface area contributed by atoms with Crippen LogP contribution in [-0.4, -0.2) is 30.2 Å². The van der Waals surface area contributed by atoms with Gasteiger partial charge >= 0.3 is 5.97 Å². The Kier molecular flexibility index (Phi) is 5.50. The normalized spacial score (nSPS) is 24.4. The molecule has 2 fully saturated rings. The van der Waals surface area contributed by atoms with E-state index in [4.69, 9.17) is 16.3 Å². The van der Waals surface area contributed by atoms with Gasteiger partial charge < -0.3 is 9.64 Å². The van der Waals surface area contributed by atoms with Gasteiger partial charge in [-0.15, -0.1) is 0 Å². The highest BCUT2D eigenvalue weighted by Crippen LogP contribution is 2.38. The second kappa shape index (κ2) is 8.48. The van der Waals surface area contributed by atoms with E-state index in [1.165, 1.54) is 4.90 Å². The molecule has 2 aliphatic heterocycles. The van der Waals surface area contributed by atoms with Crippen LogP contribution in [0.25, 0.3) is 0 Å². The van der Waals surface area contributed by atoms with Crippen molar-refractivity contribution in [2.24, 2.45) is 17.8 Å². The lowest BCUT2D eigenvalue weighted by atomic mass is 9.85. The minimum atomic E-state index is -0.592. The quantitative estimate of drug-likeness (QED) is 0.298. The Morgan fingerprint density at radius 1 is 0.848 bits per heavy atom. The average Bonchev–Trinajstić information content (AvgIpc) is 3.33. The van der Waals surface area contributed by atoms with Crippen LogP contribution in [-0.2, 0) is 19.2 Å². The Balaban J connectivity index is 1.24. The number of allylic oxidation sites excluding steroid dienone is 2. The Bertz CT molecular complexity index is 1130. The smallest absolute Gasteiger partial charge is 0.316 e. The molecular formula is C25H21ClN2O5. The van der Waals surface area contributed by atoms with Crippen molar-refractivity contribution >= 4 is 46.7 Å². The lowest BCUT2D eigenvalue weighted by Gasteiger charge is -2.17. The van der Waals surface area contributed by atoms with E-state index in [1.807, 2.05) is 12.2 Å². The van der Waals surface area contributed by atoms with Crippen molar-refractivity contribution in [1.29, 1.82) is 0 Å². The van der Waals surface area contributed by atoms with Gasteiger partial charge in [-0.3, -0.25) is 24.1 Å². The number of rotatable bonds is 4. The highest BCUT2D eigenvalue weighted by molar-refractivity contribution is 6.30. The number of hydrogen-bond donors (Lipinski definition) is 0. The van der Waals surface area contributed by atoms with Crippen LogP contribution < -0.4 is 14.5 Å². The Hall–Kier alpha value is -3.45. The monoisotopic (exact) mass is 464 g/mol. The third-order valence-electron chi connectivity index (χ3n) is 6.42. The summed E-state index contributed by atoms with van der Waals surface area (Å²) in [5, 5.41) is 0.567. The number of esters is 1. The van der Waals surface area contributed by atoms with Crippen LogP contribution in [0, 0.1) is 17.8 Å². The Morgan fingerprint density at radius 2 is 1.42 bits per heavy atom. The third-order valence-corrected chi connectivity index (χ3v) is 6.67. The predicted octanol–water partition coefficient (Wildman–Crippen LogP) is 3.75. The van der Waals surface area contributed by atoms with Gasteiger partial charge in [0.2, 0.25) is 17.7 Å². The van der Waals surface area contributed by atoms with E-state index in [1.54, 1.807) is 53.4 Å². The van der Waals surface area contributed by atoms with E-state index in [9.17, 15) is 19.2 Å². The van der Waals surface area contributed by atoms with Gasteiger partial charge in [0.25, 0.3) is 0 Å². The van der Waals surface area contributed by atoms with Gasteiger partial charge in [-0.25, -0.2) is 0 Å². The zero-order valence-electron chi connectivity index (χ0n) is 17.6. The highest BCUT2D eigenvalue weighted by Gasteiger charge is 2.47. The van der Waals surface area contributed by atoms with Crippen molar-refractivity contribution in [3.63, 3.8) is 0 Å². The van der Waals surface area contributed by atoms with E-state index in [-0.39, 0.29) is 42.5 Å². The molecule has 3 atom stereocenters. The van der Waals surface area contributed by atoms with Gasteiger partial charge in [0.05, 0.1) is 23.4 Å². The van der Waals surface area contributed by atoms with Crippen molar-refractivity contribution in [3.8, 4) is 5.75 Å². The standard InChI is InChI=1S/C25H21ClN2O5/c26-16-5-7-17(8-6-16)27-14-15(13-22(27)29)25(32)33-19-11-9-18(10-12-19)28-23(30)20-3-1-2-4-21(20)24(28)31/h1-2,5-12,15,20-21H,3-4,13-14H2/t15-,20-,21+/m0/s1. The maximum atomic E-state index is 12.7. The molecule has 0 N–H and O–H groups in total. The molecule has 0 spiro atoms. The highest BCUT2D eigenvalue weighted by atomic mass is 35.5. The number of halogens is 1. The lowest BCUT2D eigenvalue weighted by molar-refractivity contribution is -0.139. The number of carbonyl (C=O) groups excluding carboxylic acids is 4. The fourth-order valence-electron chi connectivity index (χ4n) is 4.65. The van der Waals surface area contributed by atoms with Crippen LogP contribution in [0.3, 0.4) is 0 Å². The third kappa shape index (κ3) is 3.93. The van der Waals surface area contributed by atoms with Gasteiger partial charge in [0.15, 0.2) is 0 Å². The first-order valence-electron chi connectivity index (χ1n) is 10.8. The number of hydrogen-bond acceptors (Lipinski definition) is 5. The number of benzene rings is 2. The number of nitrogens with zero attached hydrogens (tertiary/aromatic N) is 2. The molecule has 0 aromatic heterocycles. The van der Waals surface area contributed by atoms with Crippen LogP contribution >= 0.6 is 11.6 Å². The zero-order chi connectivity index (χ0) is 23.1. The van der Waals surface area contributed by atoms with Gasteiger partial charge in [-0.05, 0) is 61.4 Å². The largest absolute Gasteiger partial charge is 0.426 e. The van der Waals surface area contributed by atoms with E-state index in [2.05, 4.69) is 0 Å². The SMILES string of the molecule is O=C(Oc1ccc(N2C(=O)[C@H]3CC=CC[C@H]3C2=O)cc1)[C@H]1CC(=O)N(c2ccc(Cl)cc2)C1. The van der Waals surface area contributed by atoms with E-state index < -0.39 is 11.9 Å². The second-order valence-corrected chi connectivity index (χ2v) is 8.90. The molecular weight excluding hydrogens is 444 g/mol.